The Bertz CT molecular complexity index is 886. The maximum atomic E-state index is 2.57. The third-order valence-corrected chi connectivity index (χ3v) is 17.5. The molecule has 3 aromatic rings. The number of hydrogen-bond acceptors (Lipinski definition) is 0. The van der Waals surface area contributed by atoms with Crippen molar-refractivity contribution in [2.24, 2.45) is 0 Å². The van der Waals surface area contributed by atoms with Gasteiger partial charge in [-0.05, 0) is 0 Å². The van der Waals surface area contributed by atoms with Crippen molar-refractivity contribution in [3.63, 3.8) is 0 Å². The molecule has 0 saturated carbocycles. The fourth-order valence-electron chi connectivity index (χ4n) is 4.35. The summed E-state index contributed by atoms with van der Waals surface area (Å²) in [4.78, 5) is 0. The van der Waals surface area contributed by atoms with Gasteiger partial charge in [-0.15, -0.1) is 0 Å². The number of halogens is 2. The predicted molar refractivity (Wildman–Crippen MR) is 120 cm³/mol. The number of hydrogen-bond donors (Lipinski definition) is 0. The minimum atomic E-state index is -2.00. The van der Waals surface area contributed by atoms with E-state index in [4.69, 9.17) is 0 Å². The van der Waals surface area contributed by atoms with E-state index in [1.807, 2.05) is 0 Å². The molecule has 4 heteroatoms. The zero-order valence-corrected chi connectivity index (χ0v) is 23.9. The molecule has 148 valence electrons. The first-order valence-corrected chi connectivity index (χ1v) is 21.3. The zero-order chi connectivity index (χ0) is 18.4. The Balaban J connectivity index is 0.00000140. The van der Waals surface area contributed by atoms with Crippen LogP contribution in [0.25, 0.3) is 11.1 Å². The van der Waals surface area contributed by atoms with Crippen molar-refractivity contribution in [1.29, 1.82) is 0 Å². The van der Waals surface area contributed by atoms with Crippen LogP contribution in [0.1, 0.15) is 11.1 Å². The Hall–Kier alpha value is -0.263. The van der Waals surface area contributed by atoms with E-state index in [9.17, 15) is 0 Å². The summed E-state index contributed by atoms with van der Waals surface area (Å²) in [5.41, 5.74) is 16.5. The normalized spacial score (nSPS) is 16.3. The molecule has 0 nitrogen and oxygen atoms in total. The molecule has 0 saturated heterocycles. The summed E-state index contributed by atoms with van der Waals surface area (Å²) in [6, 6.07) is 27.8. The SMILES string of the molecule is C[As+]1(C)Cc2ccccc2C[As+](C)(C)c2ccccc2-c2ccccc21.[Br-].[Br-]. The average molecular weight is 626 g/mol. The Morgan fingerprint density at radius 1 is 0.500 bits per heavy atom. The second-order valence-corrected chi connectivity index (χ2v) is 26.0. The molecule has 1 aliphatic heterocycles. The van der Waals surface area contributed by atoms with E-state index >= 15 is 0 Å². The van der Waals surface area contributed by atoms with Gasteiger partial charge in [0.05, 0.1) is 0 Å². The Morgan fingerprint density at radius 3 is 1.21 bits per heavy atom. The van der Waals surface area contributed by atoms with E-state index < -0.39 is 27.1 Å². The van der Waals surface area contributed by atoms with Gasteiger partial charge in [-0.25, -0.2) is 0 Å². The molecule has 0 radical (unpaired) electrons. The standard InChI is InChI=1S/C24H28As2.2BrH/c1-25(2)17-19-11-5-6-12-20(19)18-26(3,4)24-16-10-8-14-22(24)21-13-7-9-15-23(21)25;;/h5-16H,17-18H2,1-4H3;2*1H/q+2;;/p-2. The van der Waals surface area contributed by atoms with Crippen LogP contribution in [0.4, 0.5) is 0 Å². The molecule has 4 rings (SSSR count). The molecule has 0 aromatic heterocycles. The van der Waals surface area contributed by atoms with Gasteiger partial charge in [0.2, 0.25) is 0 Å². The van der Waals surface area contributed by atoms with Crippen LogP contribution in [0.5, 0.6) is 0 Å². The van der Waals surface area contributed by atoms with Crippen molar-refractivity contribution in [1.82, 2.24) is 0 Å². The Kier molecular flexibility index (Phi) is 7.94. The van der Waals surface area contributed by atoms with Crippen molar-refractivity contribution in [2.45, 2.75) is 33.3 Å². The minimum absolute atomic E-state index is 0. The Morgan fingerprint density at radius 2 is 0.821 bits per heavy atom. The molecule has 0 spiro atoms. The number of fused-ring (bicyclic) bond motifs is 4. The predicted octanol–water partition coefficient (Wildman–Crippen LogP) is -0.930. The first-order valence-electron chi connectivity index (χ1n) is 9.31. The molecule has 0 aliphatic carbocycles. The number of benzene rings is 3. The molecule has 0 unspecified atom stereocenters. The molecule has 0 fully saturated rings. The summed E-state index contributed by atoms with van der Waals surface area (Å²) in [7, 11) is 0. The van der Waals surface area contributed by atoms with Crippen molar-refractivity contribution in [3.05, 3.63) is 83.9 Å². The summed E-state index contributed by atoms with van der Waals surface area (Å²) < 4.78 is 3.29. The maximum absolute atomic E-state index is 2.57. The quantitative estimate of drug-likeness (QED) is 0.284. The van der Waals surface area contributed by atoms with Gasteiger partial charge in [0.15, 0.2) is 0 Å². The third-order valence-electron chi connectivity index (χ3n) is 5.65. The van der Waals surface area contributed by atoms with Crippen LogP contribution in [-0.4, -0.2) is 27.1 Å². The van der Waals surface area contributed by atoms with Gasteiger partial charge < -0.3 is 34.0 Å². The van der Waals surface area contributed by atoms with Crippen LogP contribution in [-0.2, 0) is 10.4 Å². The second kappa shape index (κ2) is 9.26. The van der Waals surface area contributed by atoms with Gasteiger partial charge in [0.1, 0.15) is 0 Å². The average Bonchev–Trinajstić information content (AvgIpc) is 2.62. The summed E-state index contributed by atoms with van der Waals surface area (Å²) in [6.45, 7) is 0. The second-order valence-electron chi connectivity index (χ2n) is 8.49. The molecule has 0 atom stereocenters. The molecular weight excluding hydrogens is 598 g/mol. The van der Waals surface area contributed by atoms with Crippen molar-refractivity contribution < 1.29 is 34.0 Å². The van der Waals surface area contributed by atoms with E-state index in [1.165, 1.54) is 21.5 Å². The van der Waals surface area contributed by atoms with Gasteiger partial charge >= 0.3 is 164 Å². The van der Waals surface area contributed by atoms with Crippen molar-refractivity contribution in [3.8, 4) is 11.1 Å². The van der Waals surface area contributed by atoms with Crippen LogP contribution in [0.3, 0.4) is 0 Å². The zero-order valence-electron chi connectivity index (χ0n) is 17.0. The fraction of sp³-hybridized carbons (Fsp3) is 0.250. The minimum Gasteiger partial charge on any atom is -1.00 e. The summed E-state index contributed by atoms with van der Waals surface area (Å²) in [5, 5.41) is 2.53. The van der Waals surface area contributed by atoms with Crippen LogP contribution >= 0.6 is 0 Å². The van der Waals surface area contributed by atoms with Crippen LogP contribution < -0.4 is 42.7 Å². The first kappa shape index (κ1) is 24.0. The van der Waals surface area contributed by atoms with Gasteiger partial charge in [0.25, 0.3) is 0 Å². The van der Waals surface area contributed by atoms with E-state index in [0.29, 0.717) is 0 Å². The molecular formula is C24H28As2Br2. The molecule has 3 aromatic carbocycles. The van der Waals surface area contributed by atoms with E-state index in [1.54, 1.807) is 19.8 Å². The monoisotopic (exact) mass is 624 g/mol. The first-order chi connectivity index (χ1) is 12.4. The largest absolute Gasteiger partial charge is 1.00 e. The fourth-order valence-corrected chi connectivity index (χ4v) is 15.5. The van der Waals surface area contributed by atoms with E-state index in [-0.39, 0.29) is 34.0 Å². The number of rotatable bonds is 0. The molecule has 1 aliphatic rings. The third kappa shape index (κ3) is 4.56. The topological polar surface area (TPSA) is 0 Å². The van der Waals surface area contributed by atoms with Crippen LogP contribution in [0.2, 0.25) is 22.8 Å². The summed E-state index contributed by atoms with van der Waals surface area (Å²) in [5.74, 6) is 0. The van der Waals surface area contributed by atoms with Gasteiger partial charge in [-0.2, -0.15) is 0 Å². The van der Waals surface area contributed by atoms with Crippen LogP contribution in [0, 0.1) is 0 Å². The molecule has 0 bridgehead atoms. The van der Waals surface area contributed by atoms with Gasteiger partial charge in [0, 0.05) is 0 Å². The molecule has 0 amide bonds. The van der Waals surface area contributed by atoms with E-state index in [2.05, 4.69) is 95.6 Å². The van der Waals surface area contributed by atoms with Gasteiger partial charge in [-0.1, -0.05) is 0 Å². The van der Waals surface area contributed by atoms with Crippen molar-refractivity contribution >= 4 is 35.8 Å². The maximum Gasteiger partial charge on any atom is -1.00 e. The molecule has 1 heterocycles. The van der Waals surface area contributed by atoms with Crippen LogP contribution in [0.15, 0.2) is 72.8 Å². The van der Waals surface area contributed by atoms with E-state index in [0.717, 1.165) is 0 Å². The molecule has 28 heavy (non-hydrogen) atoms. The van der Waals surface area contributed by atoms with Gasteiger partial charge in [-0.3, -0.25) is 0 Å². The molecule has 0 N–H and O–H groups in total. The van der Waals surface area contributed by atoms with Crippen molar-refractivity contribution in [2.75, 3.05) is 0 Å². The Labute approximate surface area is 196 Å². The summed E-state index contributed by atoms with van der Waals surface area (Å²) in [6.07, 6.45) is 0. The smallest absolute Gasteiger partial charge is 1.00 e. The summed E-state index contributed by atoms with van der Waals surface area (Å²) >= 11 is -4.00.